The Morgan fingerprint density at radius 3 is 2.49 bits per heavy atom. The molecule has 0 radical (unpaired) electrons. The van der Waals surface area contributed by atoms with Crippen molar-refractivity contribution in [2.45, 2.75) is 52.9 Å². The standard InChI is InChI=1S/C30H42N6O3/c1-20(2)10-11-31-17-24-16-23(6-9-27(24)37-5)26-8-7-25-28(32-26)33-30(36-18-21(3)39-22(4)19-36)34-29(25)35-12-14-38-15-13-35/h6-9,16,20-22,31H,10-15,17-19H2,1-5H3. The van der Waals surface area contributed by atoms with Crippen molar-refractivity contribution in [1.82, 2.24) is 20.3 Å². The van der Waals surface area contributed by atoms with E-state index in [4.69, 9.17) is 29.2 Å². The Kier molecular flexibility index (Phi) is 8.79. The van der Waals surface area contributed by atoms with Crippen molar-refractivity contribution in [2.24, 2.45) is 5.92 Å². The second-order valence-corrected chi connectivity index (χ2v) is 11.1. The van der Waals surface area contributed by atoms with Gasteiger partial charge >= 0.3 is 0 Å². The predicted octanol–water partition coefficient (Wildman–Crippen LogP) is 4.29. The van der Waals surface area contributed by atoms with E-state index < -0.39 is 0 Å². The van der Waals surface area contributed by atoms with Gasteiger partial charge in [0, 0.05) is 43.9 Å². The van der Waals surface area contributed by atoms with E-state index in [1.807, 2.05) is 6.07 Å². The highest BCUT2D eigenvalue weighted by atomic mass is 16.5. The van der Waals surface area contributed by atoms with Crippen LogP contribution in [0, 0.1) is 5.92 Å². The number of morpholine rings is 2. The topological polar surface area (TPSA) is 84.9 Å². The van der Waals surface area contributed by atoms with Crippen molar-refractivity contribution < 1.29 is 14.2 Å². The second kappa shape index (κ2) is 12.4. The molecular weight excluding hydrogens is 492 g/mol. The van der Waals surface area contributed by atoms with Gasteiger partial charge in [0.05, 0.1) is 43.6 Å². The van der Waals surface area contributed by atoms with Crippen LogP contribution in [-0.2, 0) is 16.0 Å². The van der Waals surface area contributed by atoms with Crippen molar-refractivity contribution in [3.8, 4) is 17.0 Å². The number of pyridine rings is 1. The van der Waals surface area contributed by atoms with Gasteiger partial charge in [-0.1, -0.05) is 13.8 Å². The third-order valence-corrected chi connectivity index (χ3v) is 7.33. The van der Waals surface area contributed by atoms with Crippen molar-refractivity contribution >= 4 is 22.8 Å². The van der Waals surface area contributed by atoms with Crippen molar-refractivity contribution in [3.63, 3.8) is 0 Å². The summed E-state index contributed by atoms with van der Waals surface area (Å²) in [4.78, 5) is 19.7. The summed E-state index contributed by atoms with van der Waals surface area (Å²) in [5.41, 5.74) is 3.75. The summed E-state index contributed by atoms with van der Waals surface area (Å²) in [6, 6.07) is 10.5. The van der Waals surface area contributed by atoms with E-state index in [0.29, 0.717) is 30.7 Å². The lowest BCUT2D eigenvalue weighted by molar-refractivity contribution is -0.00570. The maximum atomic E-state index is 5.97. The molecule has 9 heteroatoms. The average molecular weight is 535 g/mol. The average Bonchev–Trinajstić information content (AvgIpc) is 2.94. The van der Waals surface area contributed by atoms with Gasteiger partial charge in [0.15, 0.2) is 5.65 Å². The number of hydrogen-bond donors (Lipinski definition) is 1. The lowest BCUT2D eigenvalue weighted by atomic mass is 10.1. The summed E-state index contributed by atoms with van der Waals surface area (Å²) >= 11 is 0. The molecule has 9 nitrogen and oxygen atoms in total. The monoisotopic (exact) mass is 534 g/mol. The van der Waals surface area contributed by atoms with Gasteiger partial charge in [0.2, 0.25) is 5.95 Å². The molecule has 3 aromatic rings. The lowest BCUT2D eigenvalue weighted by Crippen LogP contribution is -2.46. The van der Waals surface area contributed by atoms with Gasteiger partial charge < -0.3 is 29.3 Å². The van der Waals surface area contributed by atoms with Crippen LogP contribution in [0.4, 0.5) is 11.8 Å². The minimum atomic E-state index is 0.117. The molecule has 0 bridgehead atoms. The maximum absolute atomic E-state index is 5.97. The highest BCUT2D eigenvalue weighted by molar-refractivity contribution is 5.90. The van der Waals surface area contributed by atoms with Crippen LogP contribution in [0.15, 0.2) is 30.3 Å². The Labute approximate surface area is 231 Å². The normalized spacial score (nSPS) is 20.2. The third kappa shape index (κ3) is 6.59. The van der Waals surface area contributed by atoms with Crippen molar-refractivity contribution in [2.75, 3.05) is 62.8 Å². The number of benzene rings is 1. The van der Waals surface area contributed by atoms with E-state index >= 15 is 0 Å². The highest BCUT2D eigenvalue weighted by Gasteiger charge is 2.26. The first-order valence-corrected chi connectivity index (χ1v) is 14.2. The summed E-state index contributed by atoms with van der Waals surface area (Å²) in [7, 11) is 1.72. The number of aromatic nitrogens is 3. The molecule has 4 heterocycles. The first-order chi connectivity index (χ1) is 18.9. The molecule has 2 aliphatic heterocycles. The van der Waals surface area contributed by atoms with E-state index in [-0.39, 0.29) is 12.2 Å². The molecule has 5 rings (SSSR count). The van der Waals surface area contributed by atoms with Crippen LogP contribution < -0.4 is 19.9 Å². The molecule has 2 aromatic heterocycles. The molecule has 0 saturated carbocycles. The van der Waals surface area contributed by atoms with E-state index in [0.717, 1.165) is 79.5 Å². The third-order valence-electron chi connectivity index (χ3n) is 7.33. The SMILES string of the molecule is COc1ccc(-c2ccc3c(N4CCOCC4)nc(N4CC(C)OC(C)C4)nc3n2)cc1CNCCC(C)C. The molecule has 2 saturated heterocycles. The largest absolute Gasteiger partial charge is 0.496 e. The summed E-state index contributed by atoms with van der Waals surface area (Å²) in [5, 5.41) is 4.52. The maximum Gasteiger partial charge on any atom is 0.229 e. The van der Waals surface area contributed by atoms with Gasteiger partial charge in [-0.15, -0.1) is 0 Å². The fraction of sp³-hybridized carbons (Fsp3) is 0.567. The minimum absolute atomic E-state index is 0.117. The molecule has 1 aromatic carbocycles. The van der Waals surface area contributed by atoms with E-state index in [2.05, 4.69) is 67.1 Å². The Morgan fingerprint density at radius 1 is 1.00 bits per heavy atom. The van der Waals surface area contributed by atoms with E-state index in [1.54, 1.807) is 7.11 Å². The van der Waals surface area contributed by atoms with Crippen molar-refractivity contribution in [1.29, 1.82) is 0 Å². The quantitative estimate of drug-likeness (QED) is 0.404. The number of ether oxygens (including phenoxy) is 3. The van der Waals surface area contributed by atoms with Gasteiger partial charge in [-0.25, -0.2) is 4.98 Å². The zero-order chi connectivity index (χ0) is 27.4. The van der Waals surface area contributed by atoms with Crippen LogP contribution in [0.2, 0.25) is 0 Å². The zero-order valence-electron chi connectivity index (χ0n) is 23.9. The number of nitrogens with one attached hydrogen (secondary N) is 1. The predicted molar refractivity (Wildman–Crippen MR) is 156 cm³/mol. The Hall–Kier alpha value is -3.01. The first-order valence-electron chi connectivity index (χ1n) is 14.2. The van der Waals surface area contributed by atoms with Gasteiger partial charge in [-0.2, -0.15) is 9.97 Å². The number of anilines is 2. The molecule has 0 aliphatic carbocycles. The number of nitrogens with zero attached hydrogens (tertiary/aromatic N) is 5. The van der Waals surface area contributed by atoms with Crippen molar-refractivity contribution in [3.05, 3.63) is 35.9 Å². The van der Waals surface area contributed by atoms with Crippen LogP contribution in [0.3, 0.4) is 0 Å². The van der Waals surface area contributed by atoms with Crippen LogP contribution in [0.5, 0.6) is 5.75 Å². The smallest absolute Gasteiger partial charge is 0.229 e. The second-order valence-electron chi connectivity index (χ2n) is 11.1. The minimum Gasteiger partial charge on any atom is -0.496 e. The molecule has 2 unspecified atom stereocenters. The molecular formula is C30H42N6O3. The highest BCUT2D eigenvalue weighted by Crippen LogP contribution is 2.31. The van der Waals surface area contributed by atoms with Gasteiger partial charge in [0.1, 0.15) is 11.6 Å². The molecule has 39 heavy (non-hydrogen) atoms. The molecule has 1 N–H and O–H groups in total. The lowest BCUT2D eigenvalue weighted by Gasteiger charge is -2.36. The van der Waals surface area contributed by atoms with Crippen LogP contribution >= 0.6 is 0 Å². The Morgan fingerprint density at radius 2 is 1.77 bits per heavy atom. The number of rotatable bonds is 9. The molecule has 0 amide bonds. The Balaban J connectivity index is 1.51. The molecule has 2 aliphatic rings. The van der Waals surface area contributed by atoms with Gasteiger partial charge in [-0.05, 0) is 63.1 Å². The van der Waals surface area contributed by atoms with Gasteiger partial charge in [-0.3, -0.25) is 0 Å². The molecule has 0 spiro atoms. The molecule has 2 atom stereocenters. The first kappa shape index (κ1) is 27.6. The summed E-state index contributed by atoms with van der Waals surface area (Å²) in [6.07, 6.45) is 1.37. The molecule has 2 fully saturated rings. The Bertz CT molecular complexity index is 1250. The summed E-state index contributed by atoms with van der Waals surface area (Å²) < 4.78 is 17.2. The summed E-state index contributed by atoms with van der Waals surface area (Å²) in [5.74, 6) is 3.19. The van der Waals surface area contributed by atoms with Crippen LogP contribution in [0.25, 0.3) is 22.3 Å². The molecule has 210 valence electrons. The number of hydrogen-bond acceptors (Lipinski definition) is 9. The number of methoxy groups -OCH3 is 1. The van der Waals surface area contributed by atoms with E-state index in [9.17, 15) is 0 Å². The fourth-order valence-corrected chi connectivity index (χ4v) is 5.33. The van der Waals surface area contributed by atoms with E-state index in [1.165, 1.54) is 0 Å². The number of fused-ring (bicyclic) bond motifs is 1. The van der Waals surface area contributed by atoms with Crippen LogP contribution in [-0.4, -0.2) is 80.2 Å². The van der Waals surface area contributed by atoms with Gasteiger partial charge in [0.25, 0.3) is 0 Å². The zero-order valence-corrected chi connectivity index (χ0v) is 23.9. The van der Waals surface area contributed by atoms with Crippen LogP contribution in [0.1, 0.15) is 39.7 Å². The summed E-state index contributed by atoms with van der Waals surface area (Å²) in [6.45, 7) is 14.9. The fourth-order valence-electron chi connectivity index (χ4n) is 5.33.